The van der Waals surface area contributed by atoms with Crippen LogP contribution < -0.4 is 4.74 Å². The number of aryl methyl sites for hydroxylation is 2. The van der Waals surface area contributed by atoms with Gasteiger partial charge in [0.2, 0.25) is 0 Å². The number of ether oxygens (including phenoxy) is 1. The molecule has 5 heteroatoms. The van der Waals surface area contributed by atoms with Gasteiger partial charge in [-0.25, -0.2) is 19.2 Å². The van der Waals surface area contributed by atoms with Gasteiger partial charge in [0.15, 0.2) is 5.82 Å². The average molecular weight is 533 g/mol. The van der Waals surface area contributed by atoms with Crippen molar-refractivity contribution in [3.8, 4) is 17.1 Å². The molecule has 0 saturated carbocycles. The molecule has 3 rings (SSSR count). The van der Waals surface area contributed by atoms with Crippen molar-refractivity contribution in [2.45, 2.75) is 110 Å². The molecular formula is C34H45FN2O2. The second-order valence-electron chi connectivity index (χ2n) is 10.5. The number of carbonyl (C=O) groups is 1. The molecule has 0 bridgehead atoms. The maximum Gasteiger partial charge on any atom is 0.343 e. The number of benzene rings is 2. The van der Waals surface area contributed by atoms with E-state index in [-0.39, 0.29) is 11.4 Å². The minimum absolute atomic E-state index is 0.210. The quantitative estimate of drug-likeness (QED) is 0.0929. The van der Waals surface area contributed by atoms with Crippen LogP contribution in [0.2, 0.25) is 0 Å². The molecular weight excluding hydrogens is 487 g/mol. The average Bonchev–Trinajstić information content (AvgIpc) is 2.96. The Morgan fingerprint density at radius 3 is 1.87 bits per heavy atom. The zero-order chi connectivity index (χ0) is 27.7. The van der Waals surface area contributed by atoms with Gasteiger partial charge in [0.1, 0.15) is 11.6 Å². The highest BCUT2D eigenvalue weighted by atomic mass is 19.1. The Balaban J connectivity index is 1.44. The third kappa shape index (κ3) is 10.9. The Hall–Kier alpha value is -3.08. The van der Waals surface area contributed by atoms with Crippen molar-refractivity contribution in [2.24, 2.45) is 0 Å². The van der Waals surface area contributed by atoms with E-state index in [1.807, 2.05) is 24.5 Å². The smallest absolute Gasteiger partial charge is 0.343 e. The predicted octanol–water partition coefficient (Wildman–Crippen LogP) is 9.70. The van der Waals surface area contributed by atoms with Crippen molar-refractivity contribution in [3.63, 3.8) is 0 Å². The first-order chi connectivity index (χ1) is 19.1. The van der Waals surface area contributed by atoms with Gasteiger partial charge in [-0.2, -0.15) is 0 Å². The number of hydrogen-bond acceptors (Lipinski definition) is 4. The Labute approximate surface area is 234 Å². The summed E-state index contributed by atoms with van der Waals surface area (Å²) in [6.07, 6.45) is 21.6. The summed E-state index contributed by atoms with van der Waals surface area (Å²) < 4.78 is 20.0. The minimum atomic E-state index is -0.572. The van der Waals surface area contributed by atoms with Crippen LogP contribution in [0.1, 0.15) is 119 Å². The summed E-state index contributed by atoms with van der Waals surface area (Å²) >= 11 is 0. The molecule has 0 aliphatic carbocycles. The molecule has 210 valence electrons. The number of halogens is 1. The molecule has 0 aliphatic heterocycles. The van der Waals surface area contributed by atoms with Gasteiger partial charge in [-0.1, -0.05) is 90.5 Å². The second-order valence-corrected chi connectivity index (χ2v) is 10.5. The zero-order valence-corrected chi connectivity index (χ0v) is 23.9. The summed E-state index contributed by atoms with van der Waals surface area (Å²) in [7, 11) is 0. The molecule has 4 nitrogen and oxygen atoms in total. The van der Waals surface area contributed by atoms with E-state index in [2.05, 4.69) is 23.8 Å². The lowest BCUT2D eigenvalue weighted by Gasteiger charge is -2.08. The molecule has 1 aromatic heterocycles. The third-order valence-electron chi connectivity index (χ3n) is 7.19. The fourth-order valence-electron chi connectivity index (χ4n) is 4.73. The first-order valence-corrected chi connectivity index (χ1v) is 15.0. The number of esters is 1. The predicted molar refractivity (Wildman–Crippen MR) is 158 cm³/mol. The van der Waals surface area contributed by atoms with Crippen LogP contribution in [0.15, 0.2) is 54.9 Å². The van der Waals surface area contributed by atoms with E-state index < -0.39 is 5.97 Å². The van der Waals surface area contributed by atoms with Crippen molar-refractivity contribution in [2.75, 3.05) is 0 Å². The molecule has 0 atom stereocenters. The van der Waals surface area contributed by atoms with Crippen LogP contribution in [0.3, 0.4) is 0 Å². The van der Waals surface area contributed by atoms with E-state index in [0.717, 1.165) is 30.4 Å². The highest BCUT2D eigenvalue weighted by molar-refractivity contribution is 5.91. The number of aromatic nitrogens is 2. The van der Waals surface area contributed by atoms with Crippen LogP contribution in [0.4, 0.5) is 4.39 Å². The van der Waals surface area contributed by atoms with Gasteiger partial charge >= 0.3 is 5.97 Å². The van der Waals surface area contributed by atoms with Crippen molar-refractivity contribution in [1.29, 1.82) is 0 Å². The van der Waals surface area contributed by atoms with E-state index in [4.69, 9.17) is 4.74 Å². The lowest BCUT2D eigenvalue weighted by atomic mass is 10.0. The molecule has 39 heavy (non-hydrogen) atoms. The van der Waals surface area contributed by atoms with Gasteiger partial charge in [-0.05, 0) is 73.2 Å². The first-order valence-electron chi connectivity index (χ1n) is 15.0. The topological polar surface area (TPSA) is 52.1 Å². The SMILES string of the molecule is CCCCCCCCCCc1cnc(-c2ccc(OC(=O)c3ccc(CCCCCCC)c(F)c3)cc2)nc1. The van der Waals surface area contributed by atoms with E-state index in [1.54, 1.807) is 24.3 Å². The third-order valence-corrected chi connectivity index (χ3v) is 7.19. The molecule has 0 amide bonds. The Kier molecular flexibility index (Phi) is 13.7. The van der Waals surface area contributed by atoms with E-state index >= 15 is 0 Å². The summed E-state index contributed by atoms with van der Waals surface area (Å²) in [6, 6.07) is 11.7. The van der Waals surface area contributed by atoms with Gasteiger partial charge in [0.25, 0.3) is 0 Å². The summed E-state index contributed by atoms with van der Waals surface area (Å²) in [4.78, 5) is 21.6. The van der Waals surface area contributed by atoms with Crippen molar-refractivity contribution in [1.82, 2.24) is 9.97 Å². The molecule has 0 saturated heterocycles. The van der Waals surface area contributed by atoms with E-state index in [9.17, 15) is 9.18 Å². The van der Waals surface area contributed by atoms with Crippen molar-refractivity contribution >= 4 is 5.97 Å². The van der Waals surface area contributed by atoms with Gasteiger partial charge < -0.3 is 4.74 Å². The molecule has 0 fully saturated rings. The molecule has 0 N–H and O–H groups in total. The van der Waals surface area contributed by atoms with Crippen LogP contribution >= 0.6 is 0 Å². The van der Waals surface area contributed by atoms with E-state index in [1.165, 1.54) is 76.7 Å². The van der Waals surface area contributed by atoms with Gasteiger partial charge in [-0.3, -0.25) is 0 Å². The van der Waals surface area contributed by atoms with Gasteiger partial charge in [0, 0.05) is 18.0 Å². The summed E-state index contributed by atoms with van der Waals surface area (Å²) in [5.41, 5.74) is 2.87. The molecule has 0 spiro atoms. The minimum Gasteiger partial charge on any atom is -0.423 e. The molecule has 1 heterocycles. The summed E-state index contributed by atoms with van der Waals surface area (Å²) in [6.45, 7) is 4.43. The second kappa shape index (κ2) is 17.5. The fraction of sp³-hybridized carbons (Fsp3) is 0.500. The van der Waals surface area contributed by atoms with Crippen molar-refractivity contribution in [3.05, 3.63) is 77.4 Å². The lowest BCUT2D eigenvalue weighted by molar-refractivity contribution is 0.0734. The van der Waals surface area contributed by atoms with Gasteiger partial charge in [0.05, 0.1) is 5.56 Å². The van der Waals surface area contributed by atoms with Crippen LogP contribution in [-0.4, -0.2) is 15.9 Å². The number of rotatable bonds is 18. The Morgan fingerprint density at radius 2 is 1.28 bits per heavy atom. The highest BCUT2D eigenvalue weighted by Crippen LogP contribution is 2.22. The van der Waals surface area contributed by atoms with E-state index in [0.29, 0.717) is 23.6 Å². The summed E-state index contributed by atoms with van der Waals surface area (Å²) in [5, 5.41) is 0. The lowest BCUT2D eigenvalue weighted by Crippen LogP contribution is -2.09. The zero-order valence-electron chi connectivity index (χ0n) is 23.9. The number of nitrogens with zero attached hydrogens (tertiary/aromatic N) is 2. The van der Waals surface area contributed by atoms with Gasteiger partial charge in [-0.15, -0.1) is 0 Å². The molecule has 0 aliphatic rings. The van der Waals surface area contributed by atoms with Crippen molar-refractivity contribution < 1.29 is 13.9 Å². The summed E-state index contributed by atoms with van der Waals surface area (Å²) in [5.74, 6) is 0.117. The molecule has 0 radical (unpaired) electrons. The number of hydrogen-bond donors (Lipinski definition) is 0. The van der Waals surface area contributed by atoms with Crippen LogP contribution in [0.25, 0.3) is 11.4 Å². The molecule has 0 unspecified atom stereocenters. The normalized spacial score (nSPS) is 11.1. The maximum atomic E-state index is 14.5. The van der Waals surface area contributed by atoms with Crippen LogP contribution in [0, 0.1) is 5.82 Å². The fourth-order valence-corrected chi connectivity index (χ4v) is 4.73. The molecule has 2 aromatic carbocycles. The Morgan fingerprint density at radius 1 is 0.718 bits per heavy atom. The highest BCUT2D eigenvalue weighted by Gasteiger charge is 2.13. The maximum absolute atomic E-state index is 14.5. The first kappa shape index (κ1) is 30.5. The molecule has 3 aromatic rings. The van der Waals surface area contributed by atoms with Crippen LogP contribution in [-0.2, 0) is 12.8 Å². The number of unbranched alkanes of at least 4 members (excludes halogenated alkanes) is 11. The largest absolute Gasteiger partial charge is 0.423 e. The monoisotopic (exact) mass is 532 g/mol. The Bertz CT molecular complexity index is 1110. The standard InChI is InChI=1S/C34H45FN2O2/c1-3-5-7-9-10-11-13-14-16-27-25-36-33(37-26-27)29-20-22-31(23-21-29)39-34(38)30-19-18-28(32(35)24-30)17-15-12-8-6-4-2/h18-26H,3-17H2,1-2H3. The van der Waals surface area contributed by atoms with Crippen LogP contribution in [0.5, 0.6) is 5.75 Å². The number of carbonyl (C=O) groups excluding carboxylic acids is 1.